The summed E-state index contributed by atoms with van der Waals surface area (Å²) in [5, 5.41) is 13.6. The number of carbonyl (C=O) groups is 2. The van der Waals surface area contributed by atoms with Gasteiger partial charge in [0, 0.05) is 19.5 Å². The number of nitrogens with zero attached hydrogens (tertiary/aromatic N) is 1. The molecule has 0 heterocycles. The number of rotatable bonds is 5. The predicted molar refractivity (Wildman–Crippen MR) is 72.8 cm³/mol. The van der Waals surface area contributed by atoms with Crippen LogP contribution < -0.4 is 16.6 Å². The first-order chi connectivity index (χ1) is 9.85. The molecule has 114 valence electrons. The fourth-order valence-corrected chi connectivity index (χ4v) is 1.69. The Labute approximate surface area is 120 Å². The van der Waals surface area contributed by atoms with Crippen molar-refractivity contribution < 1.29 is 19.2 Å². The van der Waals surface area contributed by atoms with Gasteiger partial charge in [0.25, 0.3) is 5.69 Å². The Morgan fingerprint density at radius 1 is 1.48 bits per heavy atom. The Balaban J connectivity index is 3.05. The molecular formula is C12H16N4O5. The largest absolute Gasteiger partial charge is 0.440 e. The number of hydrogen-bond donors (Lipinski definition) is 3. The van der Waals surface area contributed by atoms with Gasteiger partial charge in [0.05, 0.1) is 10.5 Å². The highest BCUT2D eigenvalue weighted by Crippen LogP contribution is 2.28. The van der Waals surface area contributed by atoms with E-state index in [0.29, 0.717) is 5.56 Å². The van der Waals surface area contributed by atoms with Crippen molar-refractivity contribution in [3.05, 3.63) is 39.4 Å². The quantitative estimate of drug-likeness (QED) is 0.319. The number of hydrazine groups is 1. The zero-order chi connectivity index (χ0) is 16.0. The summed E-state index contributed by atoms with van der Waals surface area (Å²) in [4.78, 5) is 32.4. The summed E-state index contributed by atoms with van der Waals surface area (Å²) in [6, 6.07) is 4.32. The van der Waals surface area contributed by atoms with Crippen molar-refractivity contribution in [3.8, 4) is 0 Å². The van der Waals surface area contributed by atoms with Gasteiger partial charge in [0.2, 0.25) is 5.91 Å². The third-order valence-corrected chi connectivity index (χ3v) is 2.67. The molecule has 2 amide bonds. The lowest BCUT2D eigenvalue weighted by atomic mass is 10.0. The van der Waals surface area contributed by atoms with E-state index in [4.69, 9.17) is 10.6 Å². The van der Waals surface area contributed by atoms with Crippen molar-refractivity contribution in [1.82, 2.24) is 10.7 Å². The fourth-order valence-electron chi connectivity index (χ4n) is 1.69. The van der Waals surface area contributed by atoms with E-state index >= 15 is 0 Å². The summed E-state index contributed by atoms with van der Waals surface area (Å²) in [7, 11) is 0. The van der Waals surface area contributed by atoms with Crippen LogP contribution in [0.25, 0.3) is 0 Å². The Morgan fingerprint density at radius 2 is 2.14 bits per heavy atom. The second-order valence-electron chi connectivity index (χ2n) is 4.25. The van der Waals surface area contributed by atoms with Crippen LogP contribution in [0.15, 0.2) is 18.2 Å². The fraction of sp³-hybridized carbons (Fsp3) is 0.333. The number of hydrogen-bond acceptors (Lipinski definition) is 6. The second kappa shape index (κ2) is 7.20. The standard InChI is InChI=1S/C12H16N4O5/c1-7(21-12(18)15-13)10-5-9(6-14-8(2)17)3-4-11(10)16(19)20/h3-5,7H,6,13H2,1-2H3,(H,14,17)(H,15,18). The number of nitrogens with one attached hydrogen (secondary N) is 2. The van der Waals surface area contributed by atoms with Gasteiger partial charge in [-0.05, 0) is 18.6 Å². The van der Waals surface area contributed by atoms with E-state index < -0.39 is 17.1 Å². The van der Waals surface area contributed by atoms with Crippen LogP contribution >= 0.6 is 0 Å². The minimum Gasteiger partial charge on any atom is -0.440 e. The predicted octanol–water partition coefficient (Wildman–Crippen LogP) is 0.892. The molecule has 0 aliphatic heterocycles. The molecule has 0 aliphatic rings. The molecule has 0 saturated carbocycles. The van der Waals surface area contributed by atoms with Crippen LogP contribution in [0.5, 0.6) is 0 Å². The summed E-state index contributed by atoms with van der Waals surface area (Å²) < 4.78 is 4.89. The Kier molecular flexibility index (Phi) is 5.61. The summed E-state index contributed by atoms with van der Waals surface area (Å²) in [5.41, 5.74) is 2.46. The van der Waals surface area contributed by atoms with Gasteiger partial charge in [-0.1, -0.05) is 6.07 Å². The van der Waals surface area contributed by atoms with E-state index in [1.54, 1.807) is 5.43 Å². The molecule has 1 rings (SSSR count). The van der Waals surface area contributed by atoms with E-state index in [2.05, 4.69) is 5.32 Å². The molecule has 9 heteroatoms. The molecule has 1 aromatic rings. The smallest absolute Gasteiger partial charge is 0.422 e. The van der Waals surface area contributed by atoms with Gasteiger partial charge in [-0.25, -0.2) is 10.6 Å². The Bertz CT molecular complexity index is 561. The SMILES string of the molecule is CC(=O)NCc1ccc([N+](=O)[O-])c(C(C)OC(=O)NN)c1. The van der Waals surface area contributed by atoms with Crippen LogP contribution in [0.3, 0.4) is 0 Å². The average Bonchev–Trinajstić information content (AvgIpc) is 2.44. The summed E-state index contributed by atoms with van der Waals surface area (Å²) in [6.45, 7) is 3.07. The summed E-state index contributed by atoms with van der Waals surface area (Å²) in [6.07, 6.45) is -1.77. The van der Waals surface area contributed by atoms with Crippen LogP contribution in [0.1, 0.15) is 31.1 Å². The van der Waals surface area contributed by atoms with Crippen molar-refractivity contribution in [2.75, 3.05) is 0 Å². The van der Waals surface area contributed by atoms with Gasteiger partial charge >= 0.3 is 6.09 Å². The highest BCUT2D eigenvalue weighted by molar-refractivity contribution is 5.72. The number of nitrogens with two attached hydrogens (primary N) is 1. The van der Waals surface area contributed by atoms with Crippen LogP contribution in [0, 0.1) is 10.1 Å². The maximum atomic E-state index is 11.1. The zero-order valence-electron chi connectivity index (χ0n) is 11.6. The lowest BCUT2D eigenvalue weighted by Crippen LogP contribution is -2.31. The number of nitro benzene ring substituents is 1. The first-order valence-electron chi connectivity index (χ1n) is 6.04. The molecule has 4 N–H and O–H groups in total. The third-order valence-electron chi connectivity index (χ3n) is 2.67. The highest BCUT2D eigenvalue weighted by atomic mass is 16.6. The van der Waals surface area contributed by atoms with Gasteiger partial charge in [0.15, 0.2) is 0 Å². The number of amides is 2. The van der Waals surface area contributed by atoms with Gasteiger partial charge in [0.1, 0.15) is 6.10 Å². The van der Waals surface area contributed by atoms with E-state index in [0.717, 1.165) is 0 Å². The molecule has 0 radical (unpaired) electrons. The molecule has 1 atom stereocenters. The molecule has 0 fully saturated rings. The molecule has 1 aromatic carbocycles. The van der Waals surface area contributed by atoms with Crippen LogP contribution in [-0.2, 0) is 16.1 Å². The third kappa shape index (κ3) is 4.73. The highest BCUT2D eigenvalue weighted by Gasteiger charge is 2.22. The lowest BCUT2D eigenvalue weighted by molar-refractivity contribution is -0.386. The van der Waals surface area contributed by atoms with Crippen LogP contribution in [0.4, 0.5) is 10.5 Å². The van der Waals surface area contributed by atoms with Crippen molar-refractivity contribution in [2.45, 2.75) is 26.5 Å². The molecule has 0 spiro atoms. The lowest BCUT2D eigenvalue weighted by Gasteiger charge is -2.14. The Morgan fingerprint density at radius 3 is 2.67 bits per heavy atom. The molecule has 0 aromatic heterocycles. The van der Waals surface area contributed by atoms with Crippen molar-refractivity contribution >= 4 is 17.7 Å². The minimum atomic E-state index is -0.899. The van der Waals surface area contributed by atoms with Crippen LogP contribution in [-0.4, -0.2) is 16.9 Å². The van der Waals surface area contributed by atoms with Gasteiger partial charge in [-0.15, -0.1) is 0 Å². The number of nitro groups is 1. The maximum Gasteiger partial charge on any atom is 0.422 e. The number of ether oxygens (including phenoxy) is 1. The number of carbonyl (C=O) groups excluding carboxylic acids is 2. The normalized spacial score (nSPS) is 11.4. The second-order valence-corrected chi connectivity index (χ2v) is 4.25. The number of benzene rings is 1. The zero-order valence-corrected chi connectivity index (χ0v) is 11.6. The van der Waals surface area contributed by atoms with E-state index in [1.165, 1.54) is 32.0 Å². The molecule has 1 unspecified atom stereocenters. The summed E-state index contributed by atoms with van der Waals surface area (Å²) >= 11 is 0. The average molecular weight is 296 g/mol. The molecule has 21 heavy (non-hydrogen) atoms. The molecule has 0 aliphatic carbocycles. The Hall–Kier alpha value is -2.68. The van der Waals surface area contributed by atoms with E-state index in [9.17, 15) is 19.7 Å². The first kappa shape index (κ1) is 16.4. The molecular weight excluding hydrogens is 280 g/mol. The van der Waals surface area contributed by atoms with Crippen molar-refractivity contribution in [1.29, 1.82) is 0 Å². The minimum absolute atomic E-state index is 0.182. The molecule has 0 bridgehead atoms. The van der Waals surface area contributed by atoms with Gasteiger partial charge < -0.3 is 10.1 Å². The summed E-state index contributed by atoms with van der Waals surface area (Å²) in [5.74, 6) is 4.68. The molecule has 0 saturated heterocycles. The topological polar surface area (TPSA) is 137 Å². The van der Waals surface area contributed by atoms with Crippen molar-refractivity contribution in [2.24, 2.45) is 5.84 Å². The van der Waals surface area contributed by atoms with Gasteiger partial charge in [-0.2, -0.15) is 0 Å². The van der Waals surface area contributed by atoms with Crippen molar-refractivity contribution in [3.63, 3.8) is 0 Å². The maximum absolute atomic E-state index is 11.1. The van der Waals surface area contributed by atoms with E-state index in [1.807, 2.05) is 0 Å². The van der Waals surface area contributed by atoms with E-state index in [-0.39, 0.29) is 23.7 Å². The van der Waals surface area contributed by atoms with Gasteiger partial charge in [-0.3, -0.25) is 20.3 Å². The molecule has 9 nitrogen and oxygen atoms in total. The first-order valence-corrected chi connectivity index (χ1v) is 6.04. The monoisotopic (exact) mass is 296 g/mol. The van der Waals surface area contributed by atoms with Crippen LogP contribution in [0.2, 0.25) is 0 Å².